The summed E-state index contributed by atoms with van der Waals surface area (Å²) in [5.41, 5.74) is 1.57. The van der Waals surface area contributed by atoms with Crippen LogP contribution in [0.15, 0.2) is 48.5 Å². The van der Waals surface area contributed by atoms with Crippen LogP contribution in [0.2, 0.25) is 0 Å². The number of esters is 1. The molecule has 0 N–H and O–H groups in total. The monoisotopic (exact) mass is 298 g/mol. The van der Waals surface area contributed by atoms with Gasteiger partial charge in [-0.25, -0.2) is 4.79 Å². The average molecular weight is 298 g/mol. The van der Waals surface area contributed by atoms with Crippen LogP contribution in [0.4, 0.5) is 0 Å². The van der Waals surface area contributed by atoms with Gasteiger partial charge in [0.05, 0.1) is 12.2 Å². The molecule has 2 rings (SSSR count). The molecule has 0 bridgehead atoms. The van der Waals surface area contributed by atoms with Crippen molar-refractivity contribution in [3.05, 3.63) is 59.7 Å². The summed E-state index contributed by atoms with van der Waals surface area (Å²) in [6.07, 6.45) is 3.39. The Balaban J connectivity index is 1.90. The van der Waals surface area contributed by atoms with E-state index in [2.05, 4.69) is 6.92 Å². The van der Waals surface area contributed by atoms with Crippen molar-refractivity contribution in [3.63, 3.8) is 0 Å². The van der Waals surface area contributed by atoms with Crippen LogP contribution >= 0.6 is 0 Å². The Kier molecular flexibility index (Phi) is 6.01. The highest BCUT2D eigenvalue weighted by molar-refractivity contribution is 5.91. The van der Waals surface area contributed by atoms with Crippen LogP contribution in [-0.2, 0) is 0 Å². The minimum absolute atomic E-state index is 0.358. The Labute approximate surface area is 131 Å². The highest BCUT2D eigenvalue weighted by Gasteiger charge is 2.08. The fourth-order valence-electron chi connectivity index (χ4n) is 2.07. The van der Waals surface area contributed by atoms with Gasteiger partial charge in [-0.15, -0.1) is 0 Å². The van der Waals surface area contributed by atoms with Crippen molar-refractivity contribution in [2.45, 2.75) is 33.1 Å². The van der Waals surface area contributed by atoms with Gasteiger partial charge in [-0.2, -0.15) is 0 Å². The Morgan fingerprint density at radius 3 is 2.45 bits per heavy atom. The molecule has 0 spiro atoms. The van der Waals surface area contributed by atoms with Crippen molar-refractivity contribution < 1.29 is 14.3 Å². The van der Waals surface area contributed by atoms with Gasteiger partial charge < -0.3 is 9.47 Å². The Morgan fingerprint density at radius 1 is 1.00 bits per heavy atom. The summed E-state index contributed by atoms with van der Waals surface area (Å²) in [6.45, 7) is 4.83. The lowest BCUT2D eigenvalue weighted by Gasteiger charge is -2.07. The molecule has 0 atom stereocenters. The van der Waals surface area contributed by atoms with Gasteiger partial charge in [-0.3, -0.25) is 0 Å². The molecule has 116 valence electrons. The van der Waals surface area contributed by atoms with E-state index in [1.54, 1.807) is 30.3 Å². The van der Waals surface area contributed by atoms with E-state index in [0.29, 0.717) is 17.9 Å². The first-order chi connectivity index (χ1) is 10.7. The smallest absolute Gasteiger partial charge is 0.343 e. The molecule has 0 saturated carbocycles. The van der Waals surface area contributed by atoms with Gasteiger partial charge in [0.15, 0.2) is 0 Å². The van der Waals surface area contributed by atoms with Crippen LogP contribution in [0, 0.1) is 6.92 Å². The number of rotatable bonds is 7. The molecular formula is C19H22O3. The lowest BCUT2D eigenvalue weighted by molar-refractivity contribution is 0.0734. The second-order valence-electron chi connectivity index (χ2n) is 5.29. The molecule has 0 saturated heterocycles. The van der Waals surface area contributed by atoms with Gasteiger partial charge in [0.1, 0.15) is 11.5 Å². The molecule has 3 nitrogen and oxygen atoms in total. The molecule has 0 aliphatic carbocycles. The third-order valence-corrected chi connectivity index (χ3v) is 3.31. The van der Waals surface area contributed by atoms with Crippen molar-refractivity contribution in [1.29, 1.82) is 0 Å². The Bertz CT molecular complexity index is 602. The average Bonchev–Trinajstić information content (AvgIpc) is 2.52. The number of hydrogen-bond donors (Lipinski definition) is 0. The highest BCUT2D eigenvalue weighted by atomic mass is 16.5. The van der Waals surface area contributed by atoms with E-state index < -0.39 is 0 Å². The van der Waals surface area contributed by atoms with Gasteiger partial charge in [0.25, 0.3) is 0 Å². The highest BCUT2D eigenvalue weighted by Crippen LogP contribution is 2.17. The number of carbonyl (C=O) groups excluding carboxylic acids is 1. The topological polar surface area (TPSA) is 35.5 Å². The van der Waals surface area contributed by atoms with Crippen molar-refractivity contribution in [2.75, 3.05) is 6.61 Å². The summed E-state index contributed by atoms with van der Waals surface area (Å²) in [4.78, 5) is 12.1. The molecule has 0 radical (unpaired) electrons. The first kappa shape index (κ1) is 16.1. The van der Waals surface area contributed by atoms with Crippen LogP contribution in [0.25, 0.3) is 0 Å². The summed E-state index contributed by atoms with van der Waals surface area (Å²) in [5, 5.41) is 0. The number of aryl methyl sites for hydroxylation is 1. The van der Waals surface area contributed by atoms with Gasteiger partial charge in [0.2, 0.25) is 0 Å². The lowest BCUT2D eigenvalue weighted by Crippen LogP contribution is -2.08. The maximum atomic E-state index is 12.1. The molecule has 0 heterocycles. The number of hydrogen-bond acceptors (Lipinski definition) is 3. The first-order valence-corrected chi connectivity index (χ1v) is 7.71. The third-order valence-electron chi connectivity index (χ3n) is 3.31. The van der Waals surface area contributed by atoms with Crippen molar-refractivity contribution in [2.24, 2.45) is 0 Å². The number of ether oxygens (including phenoxy) is 2. The molecule has 3 heteroatoms. The zero-order valence-electron chi connectivity index (χ0n) is 13.2. The summed E-state index contributed by atoms with van der Waals surface area (Å²) in [7, 11) is 0. The quantitative estimate of drug-likeness (QED) is 0.419. The van der Waals surface area contributed by atoms with Crippen LogP contribution in [-0.4, -0.2) is 12.6 Å². The molecule has 0 unspecified atom stereocenters. The maximum Gasteiger partial charge on any atom is 0.343 e. The molecule has 0 fully saturated rings. The van der Waals surface area contributed by atoms with Crippen molar-refractivity contribution in [3.8, 4) is 11.5 Å². The van der Waals surface area contributed by atoms with Gasteiger partial charge in [-0.05, 0) is 55.3 Å². The number of unbranched alkanes of at least 4 members (excludes halogenated alkanes) is 2. The second-order valence-corrected chi connectivity index (χ2v) is 5.29. The number of carbonyl (C=O) groups is 1. The van der Waals surface area contributed by atoms with Crippen LogP contribution < -0.4 is 9.47 Å². The summed E-state index contributed by atoms with van der Waals surface area (Å²) < 4.78 is 11.0. The van der Waals surface area contributed by atoms with Crippen LogP contribution in [0.1, 0.15) is 42.1 Å². The maximum absolute atomic E-state index is 12.1. The summed E-state index contributed by atoms with van der Waals surface area (Å²) >= 11 is 0. The van der Waals surface area contributed by atoms with E-state index in [9.17, 15) is 4.79 Å². The minimum Gasteiger partial charge on any atom is -0.494 e. The normalized spacial score (nSPS) is 10.3. The molecule has 22 heavy (non-hydrogen) atoms. The van der Waals surface area contributed by atoms with Crippen molar-refractivity contribution >= 4 is 5.97 Å². The Hall–Kier alpha value is -2.29. The zero-order chi connectivity index (χ0) is 15.8. The molecule has 2 aromatic rings. The molecule has 0 amide bonds. The Morgan fingerprint density at radius 2 is 1.77 bits per heavy atom. The third kappa shape index (κ3) is 4.92. The van der Waals surface area contributed by atoms with E-state index in [1.165, 1.54) is 12.8 Å². The first-order valence-electron chi connectivity index (χ1n) is 7.71. The van der Waals surface area contributed by atoms with Gasteiger partial charge in [-0.1, -0.05) is 31.9 Å². The number of benzene rings is 2. The lowest BCUT2D eigenvalue weighted by atomic mass is 10.2. The predicted octanol–water partition coefficient (Wildman–Crippen LogP) is 4.78. The summed E-state index contributed by atoms with van der Waals surface area (Å²) in [6, 6.07) is 14.5. The van der Waals surface area contributed by atoms with E-state index >= 15 is 0 Å². The molecule has 0 aliphatic heterocycles. The van der Waals surface area contributed by atoms with Gasteiger partial charge in [0, 0.05) is 0 Å². The zero-order valence-corrected chi connectivity index (χ0v) is 13.2. The SMILES string of the molecule is CCCCCOc1ccc(C(=O)Oc2cccc(C)c2)cc1. The van der Waals surface area contributed by atoms with E-state index in [0.717, 1.165) is 17.7 Å². The molecule has 0 aromatic heterocycles. The standard InChI is InChI=1S/C19H22O3/c1-3-4-5-13-21-17-11-9-16(10-12-17)19(20)22-18-8-6-7-15(2)14-18/h6-12,14H,3-5,13H2,1-2H3. The second kappa shape index (κ2) is 8.23. The molecule has 2 aromatic carbocycles. The largest absolute Gasteiger partial charge is 0.494 e. The van der Waals surface area contributed by atoms with Gasteiger partial charge >= 0.3 is 5.97 Å². The van der Waals surface area contributed by atoms with E-state index in [-0.39, 0.29) is 5.97 Å². The van der Waals surface area contributed by atoms with E-state index in [1.807, 2.05) is 25.1 Å². The van der Waals surface area contributed by atoms with Crippen LogP contribution in [0.5, 0.6) is 11.5 Å². The minimum atomic E-state index is -0.358. The van der Waals surface area contributed by atoms with Crippen LogP contribution in [0.3, 0.4) is 0 Å². The fraction of sp³-hybridized carbons (Fsp3) is 0.316. The molecule has 0 aliphatic rings. The predicted molar refractivity (Wildman–Crippen MR) is 87.6 cm³/mol. The fourth-order valence-corrected chi connectivity index (χ4v) is 2.07. The molecular weight excluding hydrogens is 276 g/mol. The summed E-state index contributed by atoms with van der Waals surface area (Å²) in [5.74, 6) is 0.983. The van der Waals surface area contributed by atoms with Crippen molar-refractivity contribution in [1.82, 2.24) is 0 Å². The van der Waals surface area contributed by atoms with E-state index in [4.69, 9.17) is 9.47 Å².